The van der Waals surface area contributed by atoms with E-state index in [1.54, 1.807) is 0 Å². The average molecular weight is 565 g/mol. The minimum absolute atomic E-state index is 0.0662. The Hall–Kier alpha value is -4.18. The van der Waals surface area contributed by atoms with Gasteiger partial charge in [0.25, 0.3) is 5.56 Å². The van der Waals surface area contributed by atoms with Crippen LogP contribution in [-0.4, -0.2) is 37.8 Å². The number of hydrogen-bond donors (Lipinski definition) is 0. The van der Waals surface area contributed by atoms with E-state index >= 15 is 0 Å². The van der Waals surface area contributed by atoms with Gasteiger partial charge < -0.3 is 4.90 Å². The predicted molar refractivity (Wildman–Crippen MR) is 132 cm³/mol. The van der Waals surface area contributed by atoms with E-state index in [-0.39, 0.29) is 59.4 Å². The van der Waals surface area contributed by atoms with Crippen LogP contribution in [0, 0.1) is 28.9 Å². The Bertz CT molecular complexity index is 1750. The smallest absolute Gasteiger partial charge is 0.357 e. The fraction of sp³-hybridized carbons (Fsp3) is 0.280. The highest BCUT2D eigenvalue weighted by molar-refractivity contribution is 6.31. The van der Waals surface area contributed by atoms with Crippen molar-refractivity contribution in [2.45, 2.75) is 25.6 Å². The van der Waals surface area contributed by atoms with E-state index in [1.807, 2.05) is 6.07 Å². The van der Waals surface area contributed by atoms with Crippen molar-refractivity contribution in [3.05, 3.63) is 80.2 Å². The number of rotatable bonds is 4. The third kappa shape index (κ3) is 4.65. The lowest BCUT2D eigenvalue weighted by Gasteiger charge is -2.36. The molecule has 0 aliphatic carbocycles. The van der Waals surface area contributed by atoms with Gasteiger partial charge in [-0.2, -0.15) is 18.4 Å². The fourth-order valence-corrected chi connectivity index (χ4v) is 5.00. The maximum atomic E-state index is 14.0. The molecule has 3 aromatic heterocycles. The maximum Gasteiger partial charge on any atom is 0.391 e. The quantitative estimate of drug-likeness (QED) is 0.340. The van der Waals surface area contributed by atoms with Crippen LogP contribution in [0.4, 0.5) is 27.8 Å². The Labute approximate surface area is 221 Å². The SMILES string of the molecule is N#CCn1c(N2CCC(C(F)(F)F)CC2)c(-c2ccc(F)c(Cl)c2)c(=O)n(-c2cnc3cc(F)ccn23)c1=O. The largest absolute Gasteiger partial charge is 0.391 e. The molecular weight excluding hydrogens is 547 g/mol. The molecule has 202 valence electrons. The van der Waals surface area contributed by atoms with Crippen LogP contribution in [0.2, 0.25) is 5.02 Å². The van der Waals surface area contributed by atoms with Crippen LogP contribution in [0.1, 0.15) is 12.8 Å². The number of alkyl halides is 3. The van der Waals surface area contributed by atoms with Gasteiger partial charge >= 0.3 is 11.9 Å². The van der Waals surface area contributed by atoms with Crippen LogP contribution in [0.15, 0.2) is 52.3 Å². The number of piperidine rings is 1. The van der Waals surface area contributed by atoms with Crippen LogP contribution in [-0.2, 0) is 6.54 Å². The van der Waals surface area contributed by atoms with Crippen molar-refractivity contribution in [2.75, 3.05) is 18.0 Å². The molecule has 0 unspecified atom stereocenters. The number of nitriles is 1. The molecular formula is C25H18ClF5N6O2. The number of anilines is 1. The van der Waals surface area contributed by atoms with Crippen molar-refractivity contribution >= 4 is 23.1 Å². The molecule has 8 nitrogen and oxygen atoms in total. The van der Waals surface area contributed by atoms with Crippen LogP contribution in [0.3, 0.4) is 0 Å². The van der Waals surface area contributed by atoms with Gasteiger partial charge in [0.15, 0.2) is 0 Å². The van der Waals surface area contributed by atoms with Crippen LogP contribution >= 0.6 is 11.6 Å². The Morgan fingerprint density at radius 1 is 1.10 bits per heavy atom. The molecule has 0 spiro atoms. The minimum atomic E-state index is -4.41. The molecule has 1 fully saturated rings. The molecule has 0 amide bonds. The highest BCUT2D eigenvalue weighted by atomic mass is 35.5. The number of fused-ring (bicyclic) bond motifs is 1. The second kappa shape index (κ2) is 9.85. The summed E-state index contributed by atoms with van der Waals surface area (Å²) >= 11 is 6.00. The summed E-state index contributed by atoms with van der Waals surface area (Å²) < 4.78 is 70.8. The molecule has 1 aromatic carbocycles. The first-order chi connectivity index (χ1) is 18.5. The van der Waals surface area contributed by atoms with E-state index in [2.05, 4.69) is 4.98 Å². The second-order valence-electron chi connectivity index (χ2n) is 8.99. The van der Waals surface area contributed by atoms with Gasteiger partial charge in [-0.25, -0.2) is 23.1 Å². The molecule has 14 heteroatoms. The molecule has 39 heavy (non-hydrogen) atoms. The van der Waals surface area contributed by atoms with Crippen molar-refractivity contribution < 1.29 is 22.0 Å². The molecule has 1 aliphatic heterocycles. The van der Waals surface area contributed by atoms with Gasteiger partial charge in [-0.15, -0.1) is 0 Å². The van der Waals surface area contributed by atoms with Crippen LogP contribution in [0.25, 0.3) is 22.6 Å². The van der Waals surface area contributed by atoms with E-state index in [0.29, 0.717) is 0 Å². The molecule has 0 bridgehead atoms. The predicted octanol–water partition coefficient (Wildman–Crippen LogP) is 4.55. The Morgan fingerprint density at radius 2 is 1.82 bits per heavy atom. The molecule has 0 saturated carbocycles. The lowest BCUT2D eigenvalue weighted by atomic mass is 9.95. The fourth-order valence-electron chi connectivity index (χ4n) is 4.82. The Balaban J connectivity index is 1.81. The highest BCUT2D eigenvalue weighted by Crippen LogP contribution is 2.37. The lowest BCUT2D eigenvalue weighted by Crippen LogP contribution is -2.46. The minimum Gasteiger partial charge on any atom is -0.357 e. The van der Waals surface area contributed by atoms with Crippen LogP contribution < -0.4 is 16.1 Å². The average Bonchev–Trinajstić information content (AvgIpc) is 3.29. The highest BCUT2D eigenvalue weighted by Gasteiger charge is 2.42. The zero-order chi connectivity index (χ0) is 28.1. The summed E-state index contributed by atoms with van der Waals surface area (Å²) in [6.45, 7) is -0.869. The molecule has 0 radical (unpaired) electrons. The normalized spacial score (nSPS) is 14.6. The van der Waals surface area contributed by atoms with Gasteiger partial charge in [0, 0.05) is 25.4 Å². The van der Waals surface area contributed by atoms with E-state index in [1.165, 1.54) is 27.8 Å². The van der Waals surface area contributed by atoms with Gasteiger partial charge in [0.1, 0.15) is 35.5 Å². The van der Waals surface area contributed by atoms with E-state index in [9.17, 15) is 36.8 Å². The summed E-state index contributed by atoms with van der Waals surface area (Å²) in [5.74, 6) is -3.09. The summed E-state index contributed by atoms with van der Waals surface area (Å²) in [6, 6.07) is 7.46. The number of halogens is 6. The van der Waals surface area contributed by atoms with Crippen molar-refractivity contribution in [3.63, 3.8) is 0 Å². The molecule has 1 aliphatic rings. The first kappa shape index (κ1) is 26.4. The third-order valence-electron chi connectivity index (χ3n) is 6.70. The third-order valence-corrected chi connectivity index (χ3v) is 6.99. The molecule has 5 rings (SSSR count). The zero-order valence-electron chi connectivity index (χ0n) is 19.9. The van der Waals surface area contributed by atoms with Crippen molar-refractivity contribution in [2.24, 2.45) is 5.92 Å². The maximum absolute atomic E-state index is 14.0. The first-order valence-electron chi connectivity index (χ1n) is 11.7. The number of imidazole rings is 1. The monoisotopic (exact) mass is 564 g/mol. The zero-order valence-corrected chi connectivity index (χ0v) is 20.7. The number of hydrogen-bond acceptors (Lipinski definition) is 5. The standard InChI is InChI=1S/C25H18ClF5N6O2/c26-17-11-14(1-2-18(17)28)21-22(34-7-3-15(4-8-34)25(29,30)31)36(10-6-32)24(39)37(23(21)38)20-13-33-19-12-16(27)5-9-35(19)20/h1-2,5,9,11-13,15H,3-4,7-8,10H2. The number of pyridine rings is 1. The van der Waals surface area contributed by atoms with Crippen molar-refractivity contribution in [1.82, 2.24) is 18.5 Å². The van der Waals surface area contributed by atoms with Crippen molar-refractivity contribution in [1.29, 1.82) is 5.26 Å². The van der Waals surface area contributed by atoms with E-state index in [4.69, 9.17) is 11.6 Å². The summed E-state index contributed by atoms with van der Waals surface area (Å²) in [5, 5.41) is 9.23. The Kier molecular flexibility index (Phi) is 6.67. The Morgan fingerprint density at radius 3 is 2.46 bits per heavy atom. The van der Waals surface area contributed by atoms with Crippen LogP contribution in [0.5, 0.6) is 0 Å². The number of benzene rings is 1. The second-order valence-corrected chi connectivity index (χ2v) is 9.39. The first-order valence-corrected chi connectivity index (χ1v) is 12.1. The van der Waals surface area contributed by atoms with Crippen molar-refractivity contribution in [3.8, 4) is 23.0 Å². The van der Waals surface area contributed by atoms with Gasteiger partial charge in [-0.05, 0) is 36.6 Å². The summed E-state index contributed by atoms with van der Waals surface area (Å²) in [4.78, 5) is 33.3. The van der Waals surface area contributed by atoms with Gasteiger partial charge in [0.2, 0.25) is 0 Å². The van der Waals surface area contributed by atoms with E-state index < -0.39 is 41.5 Å². The summed E-state index contributed by atoms with van der Waals surface area (Å²) in [5.41, 5.74) is -1.87. The van der Waals surface area contributed by atoms with E-state index in [0.717, 1.165) is 33.4 Å². The number of nitrogens with zero attached hydrogens (tertiary/aromatic N) is 6. The molecule has 4 aromatic rings. The van der Waals surface area contributed by atoms with Gasteiger partial charge in [0.05, 0.1) is 28.8 Å². The number of aromatic nitrogens is 4. The summed E-state index contributed by atoms with van der Waals surface area (Å²) in [6.07, 6.45) is -2.56. The lowest BCUT2D eigenvalue weighted by molar-refractivity contribution is -0.179. The summed E-state index contributed by atoms with van der Waals surface area (Å²) in [7, 11) is 0. The molecule has 0 atom stereocenters. The van der Waals surface area contributed by atoms with Gasteiger partial charge in [-0.3, -0.25) is 13.8 Å². The molecule has 0 N–H and O–H groups in total. The van der Waals surface area contributed by atoms with Gasteiger partial charge in [-0.1, -0.05) is 17.7 Å². The topological polar surface area (TPSA) is 88.3 Å². The molecule has 1 saturated heterocycles. The molecule has 4 heterocycles.